The van der Waals surface area contributed by atoms with Gasteiger partial charge in [0.1, 0.15) is 5.75 Å². The summed E-state index contributed by atoms with van der Waals surface area (Å²) in [5.74, 6) is 1.78. The van der Waals surface area contributed by atoms with E-state index in [2.05, 4.69) is 22.9 Å². The number of aliphatic imine (C=N–C) groups is 1. The minimum atomic E-state index is 0. The molecule has 1 fully saturated rings. The lowest BCUT2D eigenvalue weighted by Crippen LogP contribution is -2.45. The third-order valence-corrected chi connectivity index (χ3v) is 3.53. The van der Waals surface area contributed by atoms with Crippen molar-refractivity contribution >= 4 is 29.9 Å². The Labute approximate surface area is 143 Å². The van der Waals surface area contributed by atoms with Crippen LogP contribution >= 0.6 is 24.0 Å². The van der Waals surface area contributed by atoms with E-state index in [0.29, 0.717) is 12.5 Å². The van der Waals surface area contributed by atoms with E-state index in [0.717, 1.165) is 37.6 Å². The maximum atomic E-state index is 6.03. The molecule has 0 amide bonds. The van der Waals surface area contributed by atoms with E-state index in [9.17, 15) is 0 Å². The van der Waals surface area contributed by atoms with Crippen molar-refractivity contribution in [2.45, 2.75) is 12.8 Å². The van der Waals surface area contributed by atoms with Crippen LogP contribution in [0.25, 0.3) is 0 Å². The summed E-state index contributed by atoms with van der Waals surface area (Å²) >= 11 is 0. The molecule has 1 unspecified atom stereocenters. The number of halogens is 1. The van der Waals surface area contributed by atoms with Crippen LogP contribution in [0.1, 0.15) is 18.4 Å². The van der Waals surface area contributed by atoms with E-state index >= 15 is 0 Å². The number of nitrogens with zero attached hydrogens (tertiary/aromatic N) is 2. The van der Waals surface area contributed by atoms with Crippen LogP contribution in [0, 0.1) is 0 Å². The van der Waals surface area contributed by atoms with Gasteiger partial charge in [-0.05, 0) is 11.6 Å². The van der Waals surface area contributed by atoms with Crippen LogP contribution in [0.3, 0.4) is 0 Å². The summed E-state index contributed by atoms with van der Waals surface area (Å²) in [6, 6.07) is 8.04. The Morgan fingerprint density at radius 2 is 2.05 bits per heavy atom. The highest BCUT2D eigenvalue weighted by Gasteiger charge is 2.14. The molecule has 21 heavy (non-hydrogen) atoms. The molecule has 0 aliphatic carbocycles. The fourth-order valence-corrected chi connectivity index (χ4v) is 2.29. The fourth-order valence-electron chi connectivity index (χ4n) is 2.29. The number of hydrogen-bond donors (Lipinski definition) is 1. The van der Waals surface area contributed by atoms with E-state index in [1.54, 1.807) is 7.11 Å². The van der Waals surface area contributed by atoms with Crippen molar-refractivity contribution in [1.82, 2.24) is 4.90 Å². The summed E-state index contributed by atoms with van der Waals surface area (Å²) in [6.07, 6.45) is 0. The fraction of sp³-hybridized carbons (Fsp3) is 0.533. The number of para-hydroxylation sites is 1. The van der Waals surface area contributed by atoms with Crippen molar-refractivity contribution in [3.05, 3.63) is 29.8 Å². The van der Waals surface area contributed by atoms with Gasteiger partial charge in [0.25, 0.3) is 0 Å². The van der Waals surface area contributed by atoms with Gasteiger partial charge in [-0.2, -0.15) is 0 Å². The average Bonchev–Trinajstić information content (AvgIpc) is 2.53. The molecule has 2 N–H and O–H groups in total. The highest BCUT2D eigenvalue weighted by Crippen LogP contribution is 2.26. The molecule has 1 saturated heterocycles. The lowest BCUT2D eigenvalue weighted by molar-refractivity contribution is 0.0674. The molecule has 5 nitrogen and oxygen atoms in total. The molecule has 6 heteroatoms. The predicted octanol–water partition coefficient (Wildman–Crippen LogP) is 2.06. The average molecular weight is 405 g/mol. The number of hydrogen-bond acceptors (Lipinski definition) is 3. The van der Waals surface area contributed by atoms with Gasteiger partial charge in [0.15, 0.2) is 5.96 Å². The topological polar surface area (TPSA) is 60.1 Å². The molecule has 1 aliphatic heterocycles. The minimum absolute atomic E-state index is 0. The quantitative estimate of drug-likeness (QED) is 0.474. The van der Waals surface area contributed by atoms with Crippen molar-refractivity contribution in [2.75, 3.05) is 40.0 Å². The van der Waals surface area contributed by atoms with Crippen LogP contribution < -0.4 is 10.5 Å². The summed E-state index contributed by atoms with van der Waals surface area (Å²) < 4.78 is 10.7. The van der Waals surface area contributed by atoms with E-state index in [1.165, 1.54) is 0 Å². The van der Waals surface area contributed by atoms with Crippen LogP contribution in [0.5, 0.6) is 5.75 Å². The molecule has 0 spiro atoms. The van der Waals surface area contributed by atoms with E-state index in [4.69, 9.17) is 15.2 Å². The second kappa shape index (κ2) is 9.09. The molecule has 0 bridgehead atoms. The Hall–Kier alpha value is -1.02. The Balaban J connectivity index is 0.00000220. The van der Waals surface area contributed by atoms with Gasteiger partial charge < -0.3 is 20.1 Å². The summed E-state index contributed by atoms with van der Waals surface area (Å²) in [4.78, 5) is 6.58. The zero-order chi connectivity index (χ0) is 14.4. The Bertz CT molecular complexity index is 462. The zero-order valence-electron chi connectivity index (χ0n) is 12.6. The monoisotopic (exact) mass is 405 g/mol. The third-order valence-electron chi connectivity index (χ3n) is 3.53. The van der Waals surface area contributed by atoms with Gasteiger partial charge >= 0.3 is 0 Å². The number of ether oxygens (including phenoxy) is 2. The molecule has 1 aliphatic rings. The van der Waals surface area contributed by atoms with Gasteiger partial charge in [0.05, 0.1) is 20.3 Å². The Kier molecular flexibility index (Phi) is 7.81. The number of guanidine groups is 1. The first-order chi connectivity index (χ1) is 9.72. The SMILES string of the molecule is COc1ccccc1C(C)CN=C(N)N1CCOCC1.I. The van der Waals surface area contributed by atoms with E-state index in [-0.39, 0.29) is 29.9 Å². The lowest BCUT2D eigenvalue weighted by Gasteiger charge is -2.27. The lowest BCUT2D eigenvalue weighted by atomic mass is 10.0. The van der Waals surface area contributed by atoms with Gasteiger partial charge in [-0.1, -0.05) is 25.1 Å². The Morgan fingerprint density at radius 1 is 1.38 bits per heavy atom. The van der Waals surface area contributed by atoms with Gasteiger partial charge in [-0.25, -0.2) is 0 Å². The smallest absolute Gasteiger partial charge is 0.191 e. The van der Waals surface area contributed by atoms with Gasteiger partial charge in [-0.15, -0.1) is 24.0 Å². The van der Waals surface area contributed by atoms with Crippen LogP contribution in [-0.4, -0.2) is 50.8 Å². The first kappa shape index (κ1) is 18.0. The maximum absolute atomic E-state index is 6.03. The molecule has 1 aromatic rings. The third kappa shape index (κ3) is 5.03. The molecule has 1 atom stereocenters. The molecule has 1 aromatic carbocycles. The molecule has 0 aromatic heterocycles. The summed E-state index contributed by atoms with van der Waals surface area (Å²) in [5.41, 5.74) is 7.20. The molecule has 0 saturated carbocycles. The largest absolute Gasteiger partial charge is 0.496 e. The number of rotatable bonds is 4. The van der Waals surface area contributed by atoms with Crippen molar-refractivity contribution in [3.63, 3.8) is 0 Å². The van der Waals surface area contributed by atoms with Gasteiger partial charge in [-0.3, -0.25) is 4.99 Å². The first-order valence-electron chi connectivity index (χ1n) is 6.98. The normalized spacial score (nSPS) is 17.0. The van der Waals surface area contributed by atoms with Crippen LogP contribution in [0.15, 0.2) is 29.3 Å². The molecule has 2 rings (SSSR count). The van der Waals surface area contributed by atoms with Crippen molar-refractivity contribution in [2.24, 2.45) is 10.7 Å². The minimum Gasteiger partial charge on any atom is -0.496 e. The number of benzene rings is 1. The summed E-state index contributed by atoms with van der Waals surface area (Å²) in [6.45, 7) is 5.87. The Morgan fingerprint density at radius 3 is 2.71 bits per heavy atom. The molecular formula is C15H24IN3O2. The highest BCUT2D eigenvalue weighted by atomic mass is 127. The number of nitrogens with two attached hydrogens (primary N) is 1. The molecular weight excluding hydrogens is 381 g/mol. The standard InChI is InChI=1S/C15H23N3O2.HI/c1-12(13-5-3-4-6-14(13)19-2)11-17-15(16)18-7-9-20-10-8-18;/h3-6,12H,7-11H2,1-2H3,(H2,16,17);1H. The van der Waals surface area contributed by atoms with Crippen LogP contribution in [0.4, 0.5) is 0 Å². The van der Waals surface area contributed by atoms with Crippen LogP contribution in [-0.2, 0) is 4.74 Å². The second-order valence-corrected chi connectivity index (χ2v) is 4.94. The van der Waals surface area contributed by atoms with Crippen LogP contribution in [0.2, 0.25) is 0 Å². The van der Waals surface area contributed by atoms with Crippen molar-refractivity contribution in [3.8, 4) is 5.75 Å². The maximum Gasteiger partial charge on any atom is 0.191 e. The highest BCUT2D eigenvalue weighted by molar-refractivity contribution is 14.0. The molecule has 0 radical (unpaired) electrons. The first-order valence-corrected chi connectivity index (χ1v) is 6.98. The molecule has 1 heterocycles. The second-order valence-electron chi connectivity index (χ2n) is 4.94. The van der Waals surface area contributed by atoms with Gasteiger partial charge in [0, 0.05) is 25.6 Å². The predicted molar refractivity (Wildman–Crippen MR) is 95.7 cm³/mol. The van der Waals surface area contributed by atoms with Gasteiger partial charge in [0.2, 0.25) is 0 Å². The molecule has 118 valence electrons. The van der Waals surface area contributed by atoms with E-state index in [1.807, 2.05) is 18.2 Å². The number of methoxy groups -OCH3 is 1. The summed E-state index contributed by atoms with van der Waals surface area (Å²) in [7, 11) is 1.69. The zero-order valence-corrected chi connectivity index (χ0v) is 14.9. The number of morpholine rings is 1. The van der Waals surface area contributed by atoms with E-state index < -0.39 is 0 Å². The summed E-state index contributed by atoms with van der Waals surface area (Å²) in [5, 5.41) is 0. The van der Waals surface area contributed by atoms with Crippen molar-refractivity contribution in [1.29, 1.82) is 0 Å². The van der Waals surface area contributed by atoms with Crippen molar-refractivity contribution < 1.29 is 9.47 Å².